The molecule has 384 valence electrons. The third-order valence-corrected chi connectivity index (χ3v) is 17.0. The first-order valence-electron chi connectivity index (χ1n) is 28.1. The summed E-state index contributed by atoms with van der Waals surface area (Å²) >= 11 is 0. The van der Waals surface area contributed by atoms with E-state index in [9.17, 15) is 0 Å². The van der Waals surface area contributed by atoms with Crippen LogP contribution in [0.15, 0.2) is 255 Å². The van der Waals surface area contributed by atoms with E-state index in [2.05, 4.69) is 320 Å². The van der Waals surface area contributed by atoms with Gasteiger partial charge in [-0.05, 0) is 153 Å². The summed E-state index contributed by atoms with van der Waals surface area (Å²) in [6.07, 6.45) is 0. The number of benzene rings is 11. The summed E-state index contributed by atoms with van der Waals surface area (Å²) in [6.45, 7) is 13.6. The van der Waals surface area contributed by atoms with Crippen LogP contribution in [-0.4, -0.2) is 11.3 Å². The Morgan fingerprint density at radius 2 is 0.825 bits per heavy atom. The quantitative estimate of drug-likeness (QED) is 0.141. The summed E-state index contributed by atoms with van der Waals surface area (Å²) in [5.41, 5.74) is 25.9. The molecule has 0 spiro atoms. The van der Waals surface area contributed by atoms with Crippen LogP contribution in [0.25, 0.3) is 38.6 Å². The third-order valence-electron chi connectivity index (χ3n) is 17.0. The fourth-order valence-corrected chi connectivity index (χ4v) is 13.1. The van der Waals surface area contributed by atoms with E-state index in [1.807, 2.05) is 0 Å². The van der Waals surface area contributed by atoms with E-state index in [1.54, 1.807) is 0 Å². The molecule has 0 bridgehead atoms. The minimum Gasteiger partial charge on any atom is -0.311 e. The highest BCUT2D eigenvalue weighted by Gasteiger charge is 2.47. The average Bonchev–Trinajstić information content (AvgIpc) is 3.62. The maximum Gasteiger partial charge on any atom is 0.252 e. The number of hydrogen-bond donors (Lipinski definition) is 0. The van der Waals surface area contributed by atoms with Crippen LogP contribution in [0.1, 0.15) is 52.7 Å². The van der Waals surface area contributed by atoms with Crippen molar-refractivity contribution in [1.82, 2.24) is 4.57 Å². The molecule has 12 aromatic rings. The molecule has 0 radical (unpaired) electrons. The molecule has 0 amide bonds. The first-order chi connectivity index (χ1) is 39.0. The monoisotopic (exact) mass is 1030 g/mol. The van der Waals surface area contributed by atoms with Gasteiger partial charge in [-0.25, -0.2) is 0 Å². The van der Waals surface area contributed by atoms with Crippen molar-refractivity contribution in [3.05, 3.63) is 266 Å². The molecule has 6 heteroatoms. The van der Waals surface area contributed by atoms with Gasteiger partial charge in [0.25, 0.3) is 6.71 Å². The Bertz CT molecular complexity index is 4270. The lowest BCUT2D eigenvalue weighted by Crippen LogP contribution is -2.61. The Labute approximate surface area is 469 Å². The molecule has 80 heavy (non-hydrogen) atoms. The molecule has 3 aliphatic rings. The average molecular weight is 1030 g/mol. The Morgan fingerprint density at radius 3 is 1.45 bits per heavy atom. The van der Waals surface area contributed by atoms with Gasteiger partial charge in [0.15, 0.2) is 0 Å². The number of fused-ring (bicyclic) bond motifs is 9. The zero-order valence-electron chi connectivity index (χ0n) is 46.1. The van der Waals surface area contributed by atoms with Crippen molar-refractivity contribution < 1.29 is 0 Å². The van der Waals surface area contributed by atoms with E-state index in [0.29, 0.717) is 0 Å². The van der Waals surface area contributed by atoms with Gasteiger partial charge in [-0.3, -0.25) is 0 Å². The van der Waals surface area contributed by atoms with Crippen molar-refractivity contribution in [2.75, 3.05) is 19.6 Å². The first-order valence-corrected chi connectivity index (χ1v) is 28.1. The van der Waals surface area contributed by atoms with E-state index in [0.717, 1.165) is 51.2 Å². The Hall–Kier alpha value is -9.52. The summed E-state index contributed by atoms with van der Waals surface area (Å²) < 4.78 is 2.53. The summed E-state index contributed by atoms with van der Waals surface area (Å²) in [4.78, 5) is 10.1. The molecule has 1 aromatic heterocycles. The van der Waals surface area contributed by atoms with Crippen LogP contribution in [0.4, 0.5) is 68.2 Å². The van der Waals surface area contributed by atoms with Gasteiger partial charge in [-0.2, -0.15) is 0 Å². The van der Waals surface area contributed by atoms with Crippen molar-refractivity contribution in [3.63, 3.8) is 0 Å². The lowest BCUT2D eigenvalue weighted by atomic mass is 9.33. The second-order valence-electron chi connectivity index (χ2n) is 23.8. The highest BCUT2D eigenvalue weighted by atomic mass is 15.2. The number of nitrogens with zero attached hydrogens (tertiary/aromatic N) is 5. The van der Waals surface area contributed by atoms with Crippen molar-refractivity contribution >= 4 is 113 Å². The molecule has 15 rings (SSSR count). The van der Waals surface area contributed by atoms with Crippen molar-refractivity contribution in [2.45, 2.75) is 52.4 Å². The number of rotatable bonds is 8. The van der Waals surface area contributed by atoms with Crippen LogP contribution in [0.5, 0.6) is 0 Å². The first kappa shape index (κ1) is 47.7. The van der Waals surface area contributed by atoms with E-state index in [-0.39, 0.29) is 17.5 Å². The summed E-state index contributed by atoms with van der Waals surface area (Å²) in [6, 6.07) is 95.2. The molecule has 11 aromatic carbocycles. The van der Waals surface area contributed by atoms with Gasteiger partial charge in [0, 0.05) is 62.0 Å². The molecule has 0 saturated carbocycles. The lowest BCUT2D eigenvalue weighted by molar-refractivity contribution is 0.590. The topological polar surface area (TPSA) is 17.9 Å². The van der Waals surface area contributed by atoms with Crippen LogP contribution >= 0.6 is 0 Å². The molecule has 0 aliphatic carbocycles. The van der Waals surface area contributed by atoms with E-state index < -0.39 is 0 Å². The smallest absolute Gasteiger partial charge is 0.252 e. The minimum absolute atomic E-state index is 0.0105. The van der Waals surface area contributed by atoms with Gasteiger partial charge in [-0.1, -0.05) is 193 Å². The Morgan fingerprint density at radius 1 is 0.338 bits per heavy atom. The normalized spacial score (nSPS) is 13.1. The number of aromatic nitrogens is 1. The minimum atomic E-state index is -0.112. The third kappa shape index (κ3) is 7.46. The van der Waals surface area contributed by atoms with Gasteiger partial charge in [0.2, 0.25) is 0 Å². The predicted octanol–water partition coefficient (Wildman–Crippen LogP) is 18.4. The van der Waals surface area contributed by atoms with Crippen molar-refractivity contribution in [3.8, 4) is 16.8 Å². The van der Waals surface area contributed by atoms with Gasteiger partial charge >= 0.3 is 0 Å². The second-order valence-corrected chi connectivity index (χ2v) is 23.8. The fraction of sp³-hybridized carbons (Fsp3) is 0.108. The number of para-hydroxylation sites is 5. The maximum atomic E-state index is 2.61. The summed E-state index contributed by atoms with van der Waals surface area (Å²) in [7, 11) is 0. The second kappa shape index (κ2) is 18.0. The zero-order chi connectivity index (χ0) is 54.0. The standard InChI is InChI=1S/C74H60BN5/c1-73(2,3)51-34-40-55(41-35-51)76(56-42-36-52(37-43-56)74(4,5)6)58-44-45-62-67(46-58)78(57-38-32-50(33-39-57)49-20-10-7-11-21-49)68-47-59(77(53-22-12-8-13-23-53)54-24-14-9-15-25-54)48-69-70(68)75(62)63-28-19-31-66-72(63)80(69)65-30-18-27-61-60-26-16-17-29-64(60)79(66)71(61)65/h7-48H,1-6H3. The molecular weight excluding hydrogens is 970 g/mol. The van der Waals surface area contributed by atoms with Crippen LogP contribution in [0, 0.1) is 0 Å². The lowest BCUT2D eigenvalue weighted by Gasteiger charge is -2.47. The number of anilines is 12. The maximum absolute atomic E-state index is 2.61. The largest absolute Gasteiger partial charge is 0.311 e. The van der Waals surface area contributed by atoms with Crippen molar-refractivity contribution in [2.24, 2.45) is 0 Å². The van der Waals surface area contributed by atoms with E-state index in [1.165, 1.54) is 83.2 Å². The SMILES string of the molecule is CC(C)(C)c1ccc(N(c2ccc(C(C)(C)C)cc2)c2ccc3c(c2)N(c2ccc(-c4ccccc4)cc2)c2cc(N(c4ccccc4)c4ccccc4)cc4c2B3c2cccc3c2N4c2cccc4c5ccccc5n-3c24)cc1. The zero-order valence-corrected chi connectivity index (χ0v) is 46.1. The molecule has 5 nitrogen and oxygen atoms in total. The molecule has 0 saturated heterocycles. The van der Waals surface area contributed by atoms with Crippen LogP contribution in [-0.2, 0) is 10.8 Å². The Kier molecular flexibility index (Phi) is 10.7. The Balaban J connectivity index is 1.04. The highest BCUT2D eigenvalue weighted by Crippen LogP contribution is 2.54. The van der Waals surface area contributed by atoms with E-state index in [4.69, 9.17) is 0 Å². The van der Waals surface area contributed by atoms with E-state index >= 15 is 0 Å². The van der Waals surface area contributed by atoms with Gasteiger partial charge < -0.3 is 24.2 Å². The van der Waals surface area contributed by atoms with Crippen LogP contribution in [0.3, 0.4) is 0 Å². The molecule has 0 unspecified atom stereocenters. The van der Waals surface area contributed by atoms with Crippen LogP contribution < -0.4 is 36.0 Å². The molecule has 3 aliphatic heterocycles. The molecule has 0 atom stereocenters. The molecule has 4 heterocycles. The van der Waals surface area contributed by atoms with Crippen LogP contribution in [0.2, 0.25) is 0 Å². The molecule has 0 N–H and O–H groups in total. The fourth-order valence-electron chi connectivity index (χ4n) is 13.1. The summed E-state index contributed by atoms with van der Waals surface area (Å²) in [5, 5.41) is 2.51. The molecular formula is C74H60BN5. The molecule has 0 fully saturated rings. The predicted molar refractivity (Wildman–Crippen MR) is 341 cm³/mol. The van der Waals surface area contributed by atoms with Gasteiger partial charge in [-0.15, -0.1) is 0 Å². The van der Waals surface area contributed by atoms with Crippen molar-refractivity contribution in [1.29, 1.82) is 0 Å². The van der Waals surface area contributed by atoms with Gasteiger partial charge in [0.05, 0.1) is 33.8 Å². The van der Waals surface area contributed by atoms with Gasteiger partial charge in [0.1, 0.15) is 0 Å². The number of hydrogen-bond acceptors (Lipinski definition) is 4. The summed E-state index contributed by atoms with van der Waals surface area (Å²) in [5.74, 6) is 0. The highest BCUT2D eigenvalue weighted by molar-refractivity contribution is 7.00.